The van der Waals surface area contributed by atoms with E-state index >= 15 is 0 Å². The molecule has 0 spiro atoms. The van der Waals surface area contributed by atoms with Crippen molar-refractivity contribution < 1.29 is 13.9 Å². The summed E-state index contributed by atoms with van der Waals surface area (Å²) < 4.78 is 21.8. The highest BCUT2D eigenvalue weighted by atomic mass is 127. The third-order valence-electron chi connectivity index (χ3n) is 1.16. The van der Waals surface area contributed by atoms with Gasteiger partial charge in [0.25, 0.3) is 11.3 Å². The van der Waals surface area contributed by atoms with E-state index in [0.717, 1.165) is 3.57 Å². The van der Waals surface area contributed by atoms with Crippen LogP contribution in [0.1, 0.15) is 0 Å². The first-order chi connectivity index (χ1) is 5.59. The number of hydrogen-bond donors (Lipinski definition) is 3. The number of nitrogens with one attached hydrogen (secondary N) is 1. The standard InChI is InChI=1S/C6H6INO3S/c7-4-1-2-6(9)5(3-4)8-12(10)11/h1-3,8-9H,(H,10,11). The van der Waals surface area contributed by atoms with Crippen molar-refractivity contribution in [1.82, 2.24) is 0 Å². The number of hydrogen-bond acceptors (Lipinski definition) is 2. The number of halogens is 1. The highest BCUT2D eigenvalue weighted by molar-refractivity contribution is 14.1. The van der Waals surface area contributed by atoms with Gasteiger partial charge in [-0.2, -0.15) is 0 Å². The molecule has 0 radical (unpaired) electrons. The molecule has 1 unspecified atom stereocenters. The molecule has 0 saturated carbocycles. The van der Waals surface area contributed by atoms with Gasteiger partial charge in [0, 0.05) is 3.57 Å². The van der Waals surface area contributed by atoms with Crippen molar-refractivity contribution in [2.45, 2.75) is 0 Å². The second-order valence-electron chi connectivity index (χ2n) is 2.01. The fourth-order valence-electron chi connectivity index (χ4n) is 0.684. The highest BCUT2D eigenvalue weighted by Crippen LogP contribution is 2.24. The lowest BCUT2D eigenvalue weighted by molar-refractivity contribution is 0.477. The average molecular weight is 299 g/mol. The molecule has 0 heterocycles. The first-order valence-corrected chi connectivity index (χ1v) is 5.14. The van der Waals surface area contributed by atoms with Crippen molar-refractivity contribution in [2.75, 3.05) is 4.72 Å². The Balaban J connectivity index is 2.97. The Morgan fingerprint density at radius 3 is 2.75 bits per heavy atom. The molecule has 0 fully saturated rings. The number of anilines is 1. The van der Waals surface area contributed by atoms with Crippen molar-refractivity contribution in [1.29, 1.82) is 0 Å². The minimum Gasteiger partial charge on any atom is -0.506 e. The maximum absolute atomic E-state index is 10.3. The van der Waals surface area contributed by atoms with Gasteiger partial charge in [-0.3, -0.25) is 9.27 Å². The molecule has 0 bridgehead atoms. The molecule has 1 aromatic rings. The summed E-state index contributed by atoms with van der Waals surface area (Å²) in [7, 11) is 0. The smallest absolute Gasteiger partial charge is 0.259 e. The minimum absolute atomic E-state index is 0.0437. The van der Waals surface area contributed by atoms with Crippen molar-refractivity contribution in [2.24, 2.45) is 0 Å². The number of phenolic OH excluding ortho intramolecular Hbond substituents is 1. The number of rotatable bonds is 2. The van der Waals surface area contributed by atoms with E-state index in [1.165, 1.54) is 6.07 Å². The molecule has 0 aliphatic carbocycles. The molecule has 4 nitrogen and oxygen atoms in total. The SMILES string of the molecule is O=S(O)Nc1cc(I)ccc1O. The average Bonchev–Trinajstić information content (AvgIpc) is 1.96. The maximum atomic E-state index is 10.3. The molecule has 6 heteroatoms. The zero-order valence-corrected chi connectivity index (χ0v) is 8.79. The van der Waals surface area contributed by atoms with Crippen molar-refractivity contribution in [3.63, 3.8) is 0 Å². The van der Waals surface area contributed by atoms with E-state index in [-0.39, 0.29) is 11.4 Å². The van der Waals surface area contributed by atoms with Gasteiger partial charge in [-0.05, 0) is 40.8 Å². The van der Waals surface area contributed by atoms with Gasteiger partial charge in [0.05, 0.1) is 5.69 Å². The first kappa shape index (κ1) is 9.75. The third kappa shape index (κ3) is 2.61. The second-order valence-corrected chi connectivity index (χ2v) is 3.96. The Labute approximate surface area is 85.6 Å². The maximum Gasteiger partial charge on any atom is 0.259 e. The molecule has 1 rings (SSSR count). The van der Waals surface area contributed by atoms with E-state index in [1.54, 1.807) is 12.1 Å². The van der Waals surface area contributed by atoms with E-state index in [2.05, 4.69) is 4.72 Å². The van der Waals surface area contributed by atoms with Crippen molar-refractivity contribution in [3.05, 3.63) is 21.8 Å². The van der Waals surface area contributed by atoms with Crippen molar-refractivity contribution >= 4 is 39.5 Å². The monoisotopic (exact) mass is 299 g/mol. The van der Waals surface area contributed by atoms with E-state index < -0.39 is 11.3 Å². The van der Waals surface area contributed by atoms with Gasteiger partial charge in [-0.15, -0.1) is 0 Å². The summed E-state index contributed by atoms with van der Waals surface area (Å²) in [6.07, 6.45) is 0. The molecule has 3 N–H and O–H groups in total. The molecule has 0 aliphatic heterocycles. The molecular formula is C6H6INO3S. The number of phenols is 1. The zero-order valence-electron chi connectivity index (χ0n) is 5.82. The normalized spacial score (nSPS) is 12.5. The van der Waals surface area contributed by atoms with Crippen LogP contribution < -0.4 is 4.72 Å². The van der Waals surface area contributed by atoms with Crippen LogP contribution in [0.4, 0.5) is 5.69 Å². The van der Waals surface area contributed by atoms with Crippen LogP contribution in [-0.2, 0) is 11.3 Å². The van der Waals surface area contributed by atoms with E-state index in [9.17, 15) is 9.32 Å². The highest BCUT2D eigenvalue weighted by Gasteiger charge is 2.02. The van der Waals surface area contributed by atoms with Crippen LogP contribution >= 0.6 is 22.6 Å². The van der Waals surface area contributed by atoms with Crippen LogP contribution in [0.2, 0.25) is 0 Å². The molecule has 0 amide bonds. The molecule has 0 saturated heterocycles. The lowest BCUT2D eigenvalue weighted by Crippen LogP contribution is -2.01. The zero-order chi connectivity index (χ0) is 9.14. The van der Waals surface area contributed by atoms with Crippen LogP contribution in [0.3, 0.4) is 0 Å². The van der Waals surface area contributed by atoms with Crippen LogP contribution in [0.25, 0.3) is 0 Å². The topological polar surface area (TPSA) is 69.6 Å². The summed E-state index contributed by atoms with van der Waals surface area (Å²) >= 11 is -0.111. The van der Waals surface area contributed by atoms with Gasteiger partial charge in [0.2, 0.25) is 0 Å². The van der Waals surface area contributed by atoms with Gasteiger partial charge in [0.15, 0.2) is 0 Å². The summed E-state index contributed by atoms with van der Waals surface area (Å²) in [6, 6.07) is 4.72. The Bertz CT molecular complexity index is 318. The van der Waals surface area contributed by atoms with Crippen LogP contribution in [0.15, 0.2) is 18.2 Å². The molecular weight excluding hydrogens is 293 g/mol. The molecule has 0 aliphatic rings. The Morgan fingerprint density at radius 2 is 2.17 bits per heavy atom. The van der Waals surface area contributed by atoms with Gasteiger partial charge in [-0.1, -0.05) is 0 Å². The predicted molar refractivity (Wildman–Crippen MR) is 55.2 cm³/mol. The Hall–Kier alpha value is -0.340. The van der Waals surface area contributed by atoms with Crippen molar-refractivity contribution in [3.8, 4) is 5.75 Å². The molecule has 1 atom stereocenters. The summed E-state index contributed by atoms with van der Waals surface area (Å²) in [5.41, 5.74) is 0.253. The molecule has 1 aromatic carbocycles. The van der Waals surface area contributed by atoms with E-state index in [1.807, 2.05) is 22.6 Å². The van der Waals surface area contributed by atoms with Crippen LogP contribution in [0.5, 0.6) is 5.75 Å². The predicted octanol–water partition coefficient (Wildman–Crippen LogP) is 1.55. The first-order valence-electron chi connectivity index (χ1n) is 2.95. The quantitative estimate of drug-likeness (QED) is 0.441. The fourth-order valence-corrected chi connectivity index (χ4v) is 1.53. The van der Waals surface area contributed by atoms with Crippen LogP contribution in [0, 0.1) is 3.57 Å². The number of aromatic hydroxyl groups is 1. The third-order valence-corrected chi connectivity index (χ3v) is 2.22. The Kier molecular flexibility index (Phi) is 3.29. The van der Waals surface area contributed by atoms with Gasteiger partial charge in [-0.25, -0.2) is 4.21 Å². The Morgan fingerprint density at radius 1 is 1.50 bits per heavy atom. The minimum atomic E-state index is -2.15. The summed E-state index contributed by atoms with van der Waals surface area (Å²) in [5.74, 6) is -0.0437. The summed E-state index contributed by atoms with van der Waals surface area (Å²) in [5, 5.41) is 9.17. The van der Waals surface area contributed by atoms with Gasteiger partial charge < -0.3 is 5.11 Å². The lowest BCUT2D eigenvalue weighted by atomic mass is 10.3. The van der Waals surface area contributed by atoms with Gasteiger partial charge in [0.1, 0.15) is 5.75 Å². The van der Waals surface area contributed by atoms with Crippen LogP contribution in [-0.4, -0.2) is 13.9 Å². The number of benzene rings is 1. The van der Waals surface area contributed by atoms with E-state index in [0.29, 0.717) is 0 Å². The second kappa shape index (κ2) is 4.06. The summed E-state index contributed by atoms with van der Waals surface area (Å²) in [6.45, 7) is 0. The van der Waals surface area contributed by atoms with Gasteiger partial charge >= 0.3 is 0 Å². The lowest BCUT2D eigenvalue weighted by Gasteiger charge is -2.03. The largest absolute Gasteiger partial charge is 0.506 e. The summed E-state index contributed by atoms with van der Waals surface area (Å²) in [4.78, 5) is 0. The molecule has 12 heavy (non-hydrogen) atoms. The fraction of sp³-hybridized carbons (Fsp3) is 0. The van der Waals surface area contributed by atoms with E-state index in [4.69, 9.17) is 4.55 Å². The molecule has 0 aromatic heterocycles. The molecule has 66 valence electrons.